The molecule has 0 aromatic heterocycles. The SMILES string of the molecule is CC(C)CC(=[N-])C1(c2ccc(Cl)cc2)CCC1.[H-].[Mg+2]. The van der Waals surface area contributed by atoms with Crippen molar-refractivity contribution in [3.05, 3.63) is 40.3 Å². The fourth-order valence-corrected chi connectivity index (χ4v) is 2.75. The number of nitrogens with zero attached hydrogens (tertiary/aromatic N) is 1. The van der Waals surface area contributed by atoms with Crippen molar-refractivity contribution in [2.45, 2.75) is 44.9 Å². The molecule has 1 aliphatic carbocycles. The van der Waals surface area contributed by atoms with Gasteiger partial charge in [-0.15, -0.1) is 0 Å². The Bertz CT molecular complexity index is 413. The van der Waals surface area contributed by atoms with Crippen molar-refractivity contribution in [3.8, 4) is 0 Å². The summed E-state index contributed by atoms with van der Waals surface area (Å²) in [5, 5.41) is 11.2. The van der Waals surface area contributed by atoms with Gasteiger partial charge in [0.15, 0.2) is 0 Å². The normalized spacial score (nSPS) is 16.9. The number of halogens is 1. The first-order valence-corrected chi connectivity index (χ1v) is 6.74. The zero-order valence-corrected chi connectivity index (χ0v) is 13.4. The third-order valence-electron chi connectivity index (χ3n) is 3.76. The third-order valence-corrected chi connectivity index (χ3v) is 4.01. The summed E-state index contributed by atoms with van der Waals surface area (Å²) < 4.78 is 0. The van der Waals surface area contributed by atoms with Gasteiger partial charge in [0, 0.05) is 5.02 Å². The minimum atomic E-state index is -0.0884. The van der Waals surface area contributed by atoms with Crippen molar-refractivity contribution in [1.29, 1.82) is 0 Å². The second-order valence-electron chi connectivity index (χ2n) is 5.49. The molecule has 2 rings (SSSR count). The molecular formula is C15H20ClMgN. The van der Waals surface area contributed by atoms with Crippen molar-refractivity contribution >= 4 is 40.4 Å². The molecule has 0 spiro atoms. The summed E-state index contributed by atoms with van der Waals surface area (Å²) in [7, 11) is 0. The molecule has 0 saturated heterocycles. The van der Waals surface area contributed by atoms with Gasteiger partial charge in [-0.3, -0.25) is 0 Å². The minimum absolute atomic E-state index is 0. The predicted octanol–water partition coefficient (Wildman–Crippen LogP) is 4.55. The second-order valence-corrected chi connectivity index (χ2v) is 5.92. The maximum Gasteiger partial charge on any atom is 2.00 e. The molecule has 1 saturated carbocycles. The van der Waals surface area contributed by atoms with Gasteiger partial charge in [-0.05, 0) is 41.9 Å². The molecule has 18 heavy (non-hydrogen) atoms. The van der Waals surface area contributed by atoms with Crippen molar-refractivity contribution in [2.24, 2.45) is 5.92 Å². The summed E-state index contributed by atoms with van der Waals surface area (Å²) in [6, 6.07) is 7.94. The summed E-state index contributed by atoms with van der Waals surface area (Å²) in [6.45, 7) is 4.29. The van der Waals surface area contributed by atoms with Gasteiger partial charge >= 0.3 is 23.1 Å². The van der Waals surface area contributed by atoms with Gasteiger partial charge in [-0.1, -0.05) is 50.4 Å². The topological polar surface area (TPSA) is 22.3 Å². The standard InChI is InChI=1S/C15H19ClN.Mg.H/c1-11(2)10-14(17)15(8-3-9-15)12-4-6-13(16)7-5-12;;/h4-7,11H,3,8-10H2,1-2H3;;/q-1;+2;-1. The van der Waals surface area contributed by atoms with E-state index in [1.54, 1.807) is 0 Å². The summed E-state index contributed by atoms with van der Waals surface area (Å²) in [4.78, 5) is 0. The molecule has 0 bridgehead atoms. The molecule has 0 radical (unpaired) electrons. The van der Waals surface area contributed by atoms with Crippen LogP contribution in [-0.4, -0.2) is 28.8 Å². The number of rotatable bonds is 4. The van der Waals surface area contributed by atoms with Gasteiger partial charge in [0.05, 0.1) is 0 Å². The number of benzene rings is 1. The molecule has 1 aromatic rings. The van der Waals surface area contributed by atoms with Gasteiger partial charge in [0.1, 0.15) is 0 Å². The van der Waals surface area contributed by atoms with Gasteiger partial charge in [0.2, 0.25) is 0 Å². The number of hydrogen-bond acceptors (Lipinski definition) is 0. The van der Waals surface area contributed by atoms with Crippen LogP contribution in [0.1, 0.15) is 46.5 Å². The molecule has 0 heterocycles. The largest absolute Gasteiger partial charge is 2.00 e. The molecular weight excluding hydrogens is 254 g/mol. The molecule has 0 unspecified atom stereocenters. The smallest absolute Gasteiger partial charge is 1.00 e. The Hall–Kier alpha value is -0.0538. The van der Waals surface area contributed by atoms with E-state index in [0.717, 1.165) is 24.3 Å². The molecule has 0 N–H and O–H groups in total. The van der Waals surface area contributed by atoms with Crippen LogP contribution in [0.4, 0.5) is 0 Å². The van der Waals surface area contributed by atoms with Crippen LogP contribution in [0.3, 0.4) is 0 Å². The van der Waals surface area contributed by atoms with E-state index in [2.05, 4.69) is 26.0 Å². The summed E-state index contributed by atoms with van der Waals surface area (Å²) >= 11 is 5.92. The first-order chi connectivity index (χ1) is 8.04. The van der Waals surface area contributed by atoms with Gasteiger partial charge in [-0.25, -0.2) is 0 Å². The minimum Gasteiger partial charge on any atom is -1.00 e. The Morgan fingerprint density at radius 1 is 1.33 bits per heavy atom. The van der Waals surface area contributed by atoms with Crippen LogP contribution in [-0.2, 0) is 5.41 Å². The Labute approximate surface area is 132 Å². The van der Waals surface area contributed by atoms with Crippen molar-refractivity contribution in [1.82, 2.24) is 0 Å². The summed E-state index contributed by atoms with van der Waals surface area (Å²) in [5.74, 6) is 0.500. The molecule has 0 atom stereocenters. The zero-order valence-electron chi connectivity index (χ0n) is 12.2. The molecule has 1 nitrogen and oxygen atoms in total. The molecule has 0 amide bonds. The predicted molar refractivity (Wildman–Crippen MR) is 81.7 cm³/mol. The van der Waals surface area contributed by atoms with E-state index in [-0.39, 0.29) is 29.9 Å². The average Bonchev–Trinajstić information content (AvgIpc) is 2.18. The molecule has 94 valence electrons. The van der Waals surface area contributed by atoms with Crippen LogP contribution in [0, 0.1) is 5.92 Å². The van der Waals surface area contributed by atoms with E-state index in [1.807, 2.05) is 12.1 Å². The fourth-order valence-electron chi connectivity index (χ4n) is 2.63. The van der Waals surface area contributed by atoms with Crippen molar-refractivity contribution < 1.29 is 1.43 Å². The number of hydrogen-bond donors (Lipinski definition) is 0. The van der Waals surface area contributed by atoms with Crippen LogP contribution in [0.5, 0.6) is 0 Å². The fraction of sp³-hybridized carbons (Fsp3) is 0.533. The first kappa shape index (κ1) is 16.0. The van der Waals surface area contributed by atoms with Gasteiger partial charge < -0.3 is 6.84 Å². The summed E-state index contributed by atoms with van der Waals surface area (Å²) in [6.07, 6.45) is 4.12. The zero-order chi connectivity index (χ0) is 12.5. The quantitative estimate of drug-likeness (QED) is 0.567. The molecule has 1 aromatic carbocycles. The maximum atomic E-state index is 10.4. The third kappa shape index (κ3) is 3.09. The van der Waals surface area contributed by atoms with Crippen LogP contribution in [0.25, 0.3) is 5.41 Å². The van der Waals surface area contributed by atoms with Gasteiger partial charge in [0.25, 0.3) is 0 Å². The van der Waals surface area contributed by atoms with E-state index in [1.165, 1.54) is 12.0 Å². The van der Waals surface area contributed by atoms with E-state index in [4.69, 9.17) is 11.6 Å². The van der Waals surface area contributed by atoms with Crippen LogP contribution < -0.4 is 0 Å². The maximum absolute atomic E-state index is 10.4. The average molecular weight is 274 g/mol. The molecule has 0 aliphatic heterocycles. The Kier molecular flexibility index (Phi) is 5.69. The van der Waals surface area contributed by atoms with E-state index in [9.17, 15) is 5.41 Å². The van der Waals surface area contributed by atoms with Crippen LogP contribution >= 0.6 is 11.6 Å². The first-order valence-electron chi connectivity index (χ1n) is 6.36. The van der Waals surface area contributed by atoms with Gasteiger partial charge in [-0.2, -0.15) is 5.71 Å². The molecule has 1 fully saturated rings. The molecule has 1 aliphatic rings. The van der Waals surface area contributed by atoms with Crippen LogP contribution in [0.15, 0.2) is 24.3 Å². The second kappa shape index (κ2) is 6.40. The van der Waals surface area contributed by atoms with Crippen molar-refractivity contribution in [2.75, 3.05) is 0 Å². The summed E-state index contributed by atoms with van der Waals surface area (Å²) in [5.41, 5.74) is 1.78. The van der Waals surface area contributed by atoms with Crippen molar-refractivity contribution in [3.63, 3.8) is 0 Å². The Morgan fingerprint density at radius 3 is 2.28 bits per heavy atom. The monoisotopic (exact) mass is 273 g/mol. The Morgan fingerprint density at radius 2 is 1.89 bits per heavy atom. The van der Waals surface area contributed by atoms with Crippen LogP contribution in [0.2, 0.25) is 5.02 Å². The van der Waals surface area contributed by atoms with E-state index >= 15 is 0 Å². The van der Waals surface area contributed by atoms with E-state index < -0.39 is 0 Å². The molecule has 3 heteroatoms. The Balaban J connectivity index is 0.00000162. The van der Waals surface area contributed by atoms with E-state index in [0.29, 0.717) is 11.6 Å².